The molecule has 0 spiro atoms. The minimum absolute atomic E-state index is 0.0231. The van der Waals surface area contributed by atoms with Gasteiger partial charge >= 0.3 is 12.1 Å². The van der Waals surface area contributed by atoms with Crippen molar-refractivity contribution in [1.29, 1.82) is 0 Å². The molecule has 0 saturated carbocycles. The predicted octanol–water partition coefficient (Wildman–Crippen LogP) is 1.72. The van der Waals surface area contributed by atoms with Crippen LogP contribution in [0.15, 0.2) is 0 Å². The molecule has 0 bridgehead atoms. The zero-order chi connectivity index (χ0) is 12.5. The second kappa shape index (κ2) is 4.31. The van der Waals surface area contributed by atoms with Gasteiger partial charge in [-0.25, -0.2) is 9.59 Å². The van der Waals surface area contributed by atoms with Gasteiger partial charge in [-0.05, 0) is 33.1 Å². The van der Waals surface area contributed by atoms with Crippen molar-refractivity contribution in [2.45, 2.75) is 45.8 Å². The van der Waals surface area contributed by atoms with Crippen LogP contribution in [0.3, 0.4) is 0 Å². The van der Waals surface area contributed by atoms with Crippen LogP contribution in [-0.2, 0) is 9.53 Å². The van der Waals surface area contributed by atoms with Crippen LogP contribution in [0.25, 0.3) is 0 Å². The summed E-state index contributed by atoms with van der Waals surface area (Å²) in [5, 5.41) is 9.05. The van der Waals surface area contributed by atoms with Crippen LogP contribution in [0.5, 0.6) is 0 Å². The van der Waals surface area contributed by atoms with Gasteiger partial charge in [0.2, 0.25) is 0 Å². The Morgan fingerprint density at radius 3 is 2.38 bits per heavy atom. The van der Waals surface area contributed by atoms with Crippen LogP contribution < -0.4 is 0 Å². The van der Waals surface area contributed by atoms with E-state index in [0.29, 0.717) is 13.0 Å². The number of likely N-dealkylation sites (tertiary alicyclic amines) is 1. The fraction of sp³-hybridized carbons (Fsp3) is 0.818. The van der Waals surface area contributed by atoms with E-state index in [1.54, 1.807) is 20.8 Å². The van der Waals surface area contributed by atoms with Crippen molar-refractivity contribution < 1.29 is 19.4 Å². The van der Waals surface area contributed by atoms with E-state index in [1.807, 2.05) is 6.92 Å². The number of carbonyl (C=O) groups is 2. The number of nitrogens with zero attached hydrogens (tertiary/aromatic N) is 1. The minimum Gasteiger partial charge on any atom is -0.480 e. The Morgan fingerprint density at radius 2 is 1.94 bits per heavy atom. The molecule has 0 aromatic carbocycles. The van der Waals surface area contributed by atoms with Crippen LogP contribution in [0, 0.1) is 5.92 Å². The average Bonchev–Trinajstić information content (AvgIpc) is 2.43. The van der Waals surface area contributed by atoms with E-state index in [9.17, 15) is 9.59 Å². The number of hydrogen-bond acceptors (Lipinski definition) is 3. The molecule has 1 heterocycles. The standard InChI is InChI=1S/C11H19NO4/c1-7-5-6-12(8(7)9(13)14)10(15)16-11(2,3)4/h7-8H,5-6H2,1-4H3,(H,13,14)/t7-,8+/m0/s1. The lowest BCUT2D eigenvalue weighted by atomic mass is 10.0. The highest BCUT2D eigenvalue weighted by Crippen LogP contribution is 2.25. The Hall–Kier alpha value is -1.26. The Bertz CT molecular complexity index is 295. The molecule has 1 aliphatic heterocycles. The summed E-state index contributed by atoms with van der Waals surface area (Å²) in [7, 11) is 0. The predicted molar refractivity (Wildman–Crippen MR) is 58.1 cm³/mol. The number of amides is 1. The second-order valence-corrected chi connectivity index (χ2v) is 5.22. The average molecular weight is 229 g/mol. The summed E-state index contributed by atoms with van der Waals surface area (Å²) < 4.78 is 5.17. The molecule has 5 heteroatoms. The van der Waals surface area contributed by atoms with Gasteiger partial charge in [-0.2, -0.15) is 0 Å². The van der Waals surface area contributed by atoms with Crippen molar-refractivity contribution in [1.82, 2.24) is 4.90 Å². The lowest BCUT2D eigenvalue weighted by Crippen LogP contribution is -2.45. The van der Waals surface area contributed by atoms with Crippen LogP contribution in [0.2, 0.25) is 0 Å². The monoisotopic (exact) mass is 229 g/mol. The summed E-state index contributed by atoms with van der Waals surface area (Å²) in [5.74, 6) is -0.985. The first kappa shape index (κ1) is 12.8. The van der Waals surface area contributed by atoms with Gasteiger partial charge in [0.25, 0.3) is 0 Å². The maximum Gasteiger partial charge on any atom is 0.411 e. The summed E-state index contributed by atoms with van der Waals surface area (Å²) in [5.41, 5.74) is -0.591. The van der Waals surface area contributed by atoms with Gasteiger partial charge in [0.1, 0.15) is 11.6 Å². The molecule has 2 atom stereocenters. The quantitative estimate of drug-likeness (QED) is 0.743. The summed E-state index contributed by atoms with van der Waals surface area (Å²) in [4.78, 5) is 24.1. The van der Waals surface area contributed by atoms with Crippen LogP contribution in [0.4, 0.5) is 4.79 Å². The highest BCUT2D eigenvalue weighted by Gasteiger charge is 2.41. The first-order valence-electron chi connectivity index (χ1n) is 5.45. The number of carboxylic acids is 1. The zero-order valence-corrected chi connectivity index (χ0v) is 10.2. The summed E-state index contributed by atoms with van der Waals surface area (Å²) >= 11 is 0. The summed E-state index contributed by atoms with van der Waals surface area (Å²) in [6.07, 6.45) is 0.167. The van der Waals surface area contributed by atoms with E-state index >= 15 is 0 Å². The number of rotatable bonds is 1. The first-order valence-corrected chi connectivity index (χ1v) is 5.45. The Morgan fingerprint density at radius 1 is 1.38 bits per heavy atom. The Kier molecular flexibility index (Phi) is 3.45. The third-order valence-electron chi connectivity index (χ3n) is 2.58. The van der Waals surface area contributed by atoms with Crippen molar-refractivity contribution >= 4 is 12.1 Å². The maximum absolute atomic E-state index is 11.8. The normalized spacial score (nSPS) is 25.6. The molecular weight excluding hydrogens is 210 g/mol. The smallest absolute Gasteiger partial charge is 0.411 e. The highest BCUT2D eigenvalue weighted by atomic mass is 16.6. The van der Waals surface area contributed by atoms with E-state index in [1.165, 1.54) is 4.90 Å². The third kappa shape index (κ3) is 2.87. The molecule has 5 nitrogen and oxygen atoms in total. The lowest BCUT2D eigenvalue weighted by molar-refractivity contribution is -0.143. The molecule has 1 aliphatic rings. The number of ether oxygens (including phenoxy) is 1. The maximum atomic E-state index is 11.8. The number of carbonyl (C=O) groups excluding carboxylic acids is 1. The van der Waals surface area contributed by atoms with Gasteiger partial charge in [0.05, 0.1) is 0 Å². The molecule has 0 aromatic rings. The molecular formula is C11H19NO4. The molecule has 0 unspecified atom stereocenters. The van der Waals surface area contributed by atoms with E-state index in [-0.39, 0.29) is 5.92 Å². The third-order valence-corrected chi connectivity index (χ3v) is 2.58. The second-order valence-electron chi connectivity index (χ2n) is 5.22. The zero-order valence-electron chi connectivity index (χ0n) is 10.2. The fourth-order valence-electron chi connectivity index (χ4n) is 1.85. The van der Waals surface area contributed by atoms with Gasteiger partial charge in [-0.15, -0.1) is 0 Å². The van der Waals surface area contributed by atoms with Crippen LogP contribution in [0.1, 0.15) is 34.1 Å². The van der Waals surface area contributed by atoms with Crippen molar-refractivity contribution in [2.75, 3.05) is 6.54 Å². The van der Waals surface area contributed by atoms with Crippen molar-refractivity contribution in [3.8, 4) is 0 Å². The molecule has 1 N–H and O–H groups in total. The molecule has 0 aromatic heterocycles. The van der Waals surface area contributed by atoms with Gasteiger partial charge in [0.15, 0.2) is 0 Å². The largest absolute Gasteiger partial charge is 0.480 e. The number of carboxylic acid groups (broad SMARTS) is 1. The molecule has 1 rings (SSSR count). The molecule has 0 radical (unpaired) electrons. The van der Waals surface area contributed by atoms with E-state index in [4.69, 9.17) is 9.84 Å². The first-order chi connectivity index (χ1) is 7.22. The molecule has 0 aliphatic carbocycles. The Labute approximate surface area is 95.4 Å². The molecule has 16 heavy (non-hydrogen) atoms. The van der Waals surface area contributed by atoms with Gasteiger partial charge < -0.3 is 9.84 Å². The van der Waals surface area contributed by atoms with E-state index in [2.05, 4.69) is 0 Å². The van der Waals surface area contributed by atoms with E-state index < -0.39 is 23.7 Å². The molecule has 92 valence electrons. The van der Waals surface area contributed by atoms with E-state index in [0.717, 1.165) is 0 Å². The molecule has 1 saturated heterocycles. The topological polar surface area (TPSA) is 66.8 Å². The van der Waals surface area contributed by atoms with Crippen molar-refractivity contribution in [3.05, 3.63) is 0 Å². The minimum atomic E-state index is -0.962. The van der Waals surface area contributed by atoms with Crippen molar-refractivity contribution in [2.24, 2.45) is 5.92 Å². The SMILES string of the molecule is C[C@H]1CCN(C(=O)OC(C)(C)C)[C@H]1C(=O)O. The number of aliphatic carboxylic acids is 1. The summed E-state index contributed by atoms with van der Waals surface area (Å²) in [6.45, 7) is 7.58. The Balaban J connectivity index is 2.73. The van der Waals surface area contributed by atoms with Crippen LogP contribution in [-0.4, -0.2) is 40.3 Å². The van der Waals surface area contributed by atoms with Gasteiger partial charge in [-0.3, -0.25) is 4.90 Å². The lowest BCUT2D eigenvalue weighted by Gasteiger charge is -2.27. The van der Waals surface area contributed by atoms with Crippen LogP contribution >= 0.6 is 0 Å². The van der Waals surface area contributed by atoms with Crippen molar-refractivity contribution in [3.63, 3.8) is 0 Å². The molecule has 1 fully saturated rings. The van der Waals surface area contributed by atoms with Gasteiger partial charge in [-0.1, -0.05) is 6.92 Å². The molecule has 1 amide bonds. The highest BCUT2D eigenvalue weighted by molar-refractivity contribution is 5.81. The number of hydrogen-bond donors (Lipinski definition) is 1. The fourth-order valence-corrected chi connectivity index (χ4v) is 1.85. The summed E-state index contributed by atoms with van der Waals surface area (Å²) in [6, 6.07) is -0.755. The van der Waals surface area contributed by atoms with Gasteiger partial charge in [0, 0.05) is 6.54 Å².